The molecule has 0 aliphatic rings. The second-order valence-corrected chi connectivity index (χ2v) is 7.07. The number of carbonyl (C=O) groups is 1. The van der Waals surface area contributed by atoms with Crippen molar-refractivity contribution in [1.82, 2.24) is 14.8 Å². The monoisotopic (exact) mass is 382 g/mol. The van der Waals surface area contributed by atoms with E-state index < -0.39 is 0 Å². The molecule has 0 spiro atoms. The molecular formula is C24H22N4O. The van der Waals surface area contributed by atoms with Gasteiger partial charge in [0, 0.05) is 16.8 Å². The van der Waals surface area contributed by atoms with Crippen molar-refractivity contribution in [3.05, 3.63) is 90.0 Å². The van der Waals surface area contributed by atoms with Gasteiger partial charge in [0.1, 0.15) is 6.54 Å². The molecule has 1 aromatic heterocycles. The van der Waals surface area contributed by atoms with Gasteiger partial charge in [-0.25, -0.2) is 9.67 Å². The van der Waals surface area contributed by atoms with Crippen molar-refractivity contribution in [2.75, 3.05) is 5.32 Å². The van der Waals surface area contributed by atoms with E-state index in [0.29, 0.717) is 11.6 Å². The van der Waals surface area contributed by atoms with Gasteiger partial charge < -0.3 is 5.32 Å². The van der Waals surface area contributed by atoms with Gasteiger partial charge in [-0.2, -0.15) is 0 Å². The summed E-state index contributed by atoms with van der Waals surface area (Å²) in [6.45, 7) is 4.11. The van der Waals surface area contributed by atoms with Crippen LogP contribution in [0.5, 0.6) is 0 Å². The van der Waals surface area contributed by atoms with E-state index in [1.807, 2.05) is 86.6 Å². The van der Waals surface area contributed by atoms with Crippen molar-refractivity contribution in [3.8, 4) is 22.8 Å². The van der Waals surface area contributed by atoms with Gasteiger partial charge >= 0.3 is 0 Å². The molecule has 0 radical (unpaired) electrons. The van der Waals surface area contributed by atoms with E-state index in [0.717, 1.165) is 27.9 Å². The third-order valence-electron chi connectivity index (χ3n) is 4.53. The van der Waals surface area contributed by atoms with Crippen molar-refractivity contribution < 1.29 is 4.79 Å². The van der Waals surface area contributed by atoms with Gasteiger partial charge in [-0.1, -0.05) is 66.7 Å². The maximum Gasteiger partial charge on any atom is 0.246 e. The van der Waals surface area contributed by atoms with Gasteiger partial charge in [-0.15, -0.1) is 5.10 Å². The van der Waals surface area contributed by atoms with Crippen LogP contribution in [-0.2, 0) is 11.3 Å². The van der Waals surface area contributed by atoms with Crippen LogP contribution < -0.4 is 5.32 Å². The van der Waals surface area contributed by atoms with Gasteiger partial charge in [0.25, 0.3) is 0 Å². The van der Waals surface area contributed by atoms with Crippen LogP contribution >= 0.6 is 0 Å². The Kier molecular flexibility index (Phi) is 5.20. The molecule has 0 aliphatic carbocycles. The largest absolute Gasteiger partial charge is 0.324 e. The highest BCUT2D eigenvalue weighted by molar-refractivity contribution is 5.91. The summed E-state index contributed by atoms with van der Waals surface area (Å²) >= 11 is 0. The maximum atomic E-state index is 12.7. The van der Waals surface area contributed by atoms with Crippen molar-refractivity contribution in [3.63, 3.8) is 0 Å². The number of carbonyl (C=O) groups excluding carboxylic acids is 1. The van der Waals surface area contributed by atoms with Crippen LogP contribution in [0, 0.1) is 13.8 Å². The fourth-order valence-corrected chi connectivity index (χ4v) is 3.35. The van der Waals surface area contributed by atoms with Crippen LogP contribution in [0.25, 0.3) is 22.8 Å². The average molecular weight is 382 g/mol. The van der Waals surface area contributed by atoms with E-state index in [4.69, 9.17) is 4.98 Å². The van der Waals surface area contributed by atoms with Gasteiger partial charge in [0.2, 0.25) is 5.91 Å². The Morgan fingerprint density at radius 2 is 1.45 bits per heavy atom. The molecule has 5 heteroatoms. The number of nitrogens with one attached hydrogen (secondary N) is 1. The number of anilines is 1. The zero-order chi connectivity index (χ0) is 20.2. The Morgan fingerprint density at radius 1 is 0.862 bits per heavy atom. The molecule has 144 valence electrons. The standard InChI is InChI=1S/C24H22N4O/c1-17-13-18(2)15-21(14-17)25-22(29)16-28-24(20-11-7-4-8-12-20)26-23(27-28)19-9-5-3-6-10-19/h3-15H,16H2,1-2H3,(H,25,29). The molecule has 0 aliphatic heterocycles. The Bertz CT molecular complexity index is 1110. The zero-order valence-electron chi connectivity index (χ0n) is 16.5. The summed E-state index contributed by atoms with van der Waals surface area (Å²) in [7, 11) is 0. The Morgan fingerprint density at radius 3 is 2.07 bits per heavy atom. The lowest BCUT2D eigenvalue weighted by Crippen LogP contribution is -2.20. The third-order valence-corrected chi connectivity index (χ3v) is 4.53. The molecule has 29 heavy (non-hydrogen) atoms. The van der Waals surface area contributed by atoms with Gasteiger partial charge in [-0.05, 0) is 37.1 Å². The lowest BCUT2D eigenvalue weighted by Gasteiger charge is -2.09. The van der Waals surface area contributed by atoms with Crippen LogP contribution in [0.4, 0.5) is 5.69 Å². The number of aromatic nitrogens is 3. The fraction of sp³-hybridized carbons (Fsp3) is 0.125. The number of benzene rings is 3. The van der Waals surface area contributed by atoms with E-state index in [1.165, 1.54) is 0 Å². The number of hydrogen-bond donors (Lipinski definition) is 1. The average Bonchev–Trinajstić information content (AvgIpc) is 3.12. The second kappa shape index (κ2) is 8.10. The van der Waals surface area contributed by atoms with Crippen molar-refractivity contribution in [2.24, 2.45) is 0 Å². The normalized spacial score (nSPS) is 10.7. The SMILES string of the molecule is Cc1cc(C)cc(NC(=O)Cn2nc(-c3ccccc3)nc2-c2ccccc2)c1. The smallest absolute Gasteiger partial charge is 0.246 e. The molecule has 0 saturated heterocycles. The van der Waals surface area contributed by atoms with E-state index in [2.05, 4.69) is 16.5 Å². The molecule has 0 unspecified atom stereocenters. The van der Waals surface area contributed by atoms with Crippen LogP contribution in [0.15, 0.2) is 78.9 Å². The Balaban J connectivity index is 1.64. The molecule has 1 amide bonds. The molecule has 1 N–H and O–H groups in total. The summed E-state index contributed by atoms with van der Waals surface area (Å²) < 4.78 is 1.66. The first-order chi connectivity index (χ1) is 14.1. The van der Waals surface area contributed by atoms with Gasteiger partial charge in [0.15, 0.2) is 11.6 Å². The van der Waals surface area contributed by atoms with Crippen molar-refractivity contribution >= 4 is 11.6 Å². The van der Waals surface area contributed by atoms with Gasteiger partial charge in [0.05, 0.1) is 0 Å². The lowest BCUT2D eigenvalue weighted by molar-refractivity contribution is -0.116. The predicted octanol–water partition coefficient (Wildman–Crippen LogP) is 4.87. The van der Waals surface area contributed by atoms with Crippen molar-refractivity contribution in [2.45, 2.75) is 20.4 Å². The van der Waals surface area contributed by atoms with Crippen molar-refractivity contribution in [1.29, 1.82) is 0 Å². The Hall–Kier alpha value is -3.73. The molecule has 5 nitrogen and oxygen atoms in total. The lowest BCUT2D eigenvalue weighted by atomic mass is 10.1. The molecule has 0 atom stereocenters. The first-order valence-corrected chi connectivity index (χ1v) is 9.52. The zero-order valence-corrected chi connectivity index (χ0v) is 16.5. The minimum atomic E-state index is -0.142. The van der Waals surface area contributed by atoms with E-state index in [9.17, 15) is 4.79 Å². The number of aryl methyl sites for hydroxylation is 2. The van der Waals surface area contributed by atoms with Crippen LogP contribution in [0.1, 0.15) is 11.1 Å². The molecule has 0 fully saturated rings. The predicted molar refractivity (Wildman–Crippen MR) is 115 cm³/mol. The first-order valence-electron chi connectivity index (χ1n) is 9.52. The summed E-state index contributed by atoms with van der Waals surface area (Å²) in [5.41, 5.74) is 4.84. The first kappa shape index (κ1) is 18.6. The topological polar surface area (TPSA) is 59.8 Å². The molecule has 0 bridgehead atoms. The highest BCUT2D eigenvalue weighted by Crippen LogP contribution is 2.22. The van der Waals surface area contributed by atoms with Gasteiger partial charge in [-0.3, -0.25) is 4.79 Å². The molecule has 1 heterocycles. The summed E-state index contributed by atoms with van der Waals surface area (Å²) in [4.78, 5) is 17.4. The molecular weight excluding hydrogens is 360 g/mol. The molecule has 4 aromatic rings. The minimum Gasteiger partial charge on any atom is -0.324 e. The molecule has 3 aromatic carbocycles. The highest BCUT2D eigenvalue weighted by Gasteiger charge is 2.16. The van der Waals surface area contributed by atoms with E-state index in [-0.39, 0.29) is 12.5 Å². The summed E-state index contributed by atoms with van der Waals surface area (Å²) in [5.74, 6) is 1.13. The fourth-order valence-electron chi connectivity index (χ4n) is 3.35. The summed E-state index contributed by atoms with van der Waals surface area (Å²) in [6.07, 6.45) is 0. The number of rotatable bonds is 5. The van der Waals surface area contributed by atoms with E-state index in [1.54, 1.807) is 4.68 Å². The highest BCUT2D eigenvalue weighted by atomic mass is 16.2. The Labute approximate surface area is 170 Å². The quantitative estimate of drug-likeness (QED) is 0.536. The number of nitrogens with zero attached hydrogens (tertiary/aromatic N) is 3. The molecule has 0 saturated carbocycles. The van der Waals surface area contributed by atoms with E-state index >= 15 is 0 Å². The van der Waals surface area contributed by atoms with Crippen LogP contribution in [-0.4, -0.2) is 20.7 Å². The summed E-state index contributed by atoms with van der Waals surface area (Å²) in [5, 5.41) is 7.59. The summed E-state index contributed by atoms with van der Waals surface area (Å²) in [6, 6.07) is 25.6. The third kappa shape index (κ3) is 4.41. The van der Waals surface area contributed by atoms with Crippen LogP contribution in [0.3, 0.4) is 0 Å². The number of hydrogen-bond acceptors (Lipinski definition) is 3. The second-order valence-electron chi connectivity index (χ2n) is 7.07. The maximum absolute atomic E-state index is 12.7. The molecule has 4 rings (SSSR count). The minimum absolute atomic E-state index is 0.0804. The van der Waals surface area contributed by atoms with Crippen LogP contribution in [0.2, 0.25) is 0 Å². The number of amides is 1.